The number of aryl methyl sites for hydroxylation is 2. The molecule has 2 aromatic rings. The van der Waals surface area contributed by atoms with Crippen molar-refractivity contribution in [2.75, 3.05) is 5.32 Å². The van der Waals surface area contributed by atoms with Crippen LogP contribution in [0.5, 0.6) is 0 Å². The topological polar surface area (TPSA) is 34.0 Å². The van der Waals surface area contributed by atoms with Gasteiger partial charge in [0, 0.05) is 28.7 Å². The minimum atomic E-state index is 0.0944. The molecule has 3 rings (SSSR count). The summed E-state index contributed by atoms with van der Waals surface area (Å²) in [4.78, 5) is 12.5. The molecule has 0 fully saturated rings. The van der Waals surface area contributed by atoms with E-state index in [0.29, 0.717) is 12.5 Å². The number of nitrogens with one attached hydrogen (secondary N) is 1. The van der Waals surface area contributed by atoms with Crippen LogP contribution < -0.4 is 10.9 Å². The molecule has 0 spiro atoms. The Morgan fingerprint density at radius 3 is 2.59 bits per heavy atom. The van der Waals surface area contributed by atoms with E-state index in [2.05, 4.69) is 45.1 Å². The van der Waals surface area contributed by atoms with Crippen LogP contribution in [0.25, 0.3) is 10.9 Å². The molecular formula is C19H26N2O. The molecule has 0 amide bonds. The fraction of sp³-hybridized carbons (Fsp3) is 0.526. The van der Waals surface area contributed by atoms with Gasteiger partial charge in [0.2, 0.25) is 0 Å². The van der Waals surface area contributed by atoms with Crippen LogP contribution in [0.4, 0.5) is 5.69 Å². The Morgan fingerprint density at radius 1 is 1.27 bits per heavy atom. The van der Waals surface area contributed by atoms with Gasteiger partial charge in [0.05, 0.1) is 5.52 Å². The maximum Gasteiger partial charge on any atom is 0.254 e. The van der Waals surface area contributed by atoms with Crippen LogP contribution in [0, 0.1) is 13.8 Å². The van der Waals surface area contributed by atoms with E-state index in [-0.39, 0.29) is 11.1 Å². The molecule has 2 heterocycles. The largest absolute Gasteiger partial charge is 0.380 e. The van der Waals surface area contributed by atoms with E-state index < -0.39 is 0 Å². The summed E-state index contributed by atoms with van der Waals surface area (Å²) in [6.07, 6.45) is 1.12. The summed E-state index contributed by atoms with van der Waals surface area (Å²) in [7, 11) is 0. The van der Waals surface area contributed by atoms with Gasteiger partial charge >= 0.3 is 0 Å². The zero-order chi connectivity index (χ0) is 16.2. The Morgan fingerprint density at radius 2 is 1.95 bits per heavy atom. The summed E-state index contributed by atoms with van der Waals surface area (Å²) >= 11 is 0. The lowest BCUT2D eigenvalue weighted by Gasteiger charge is -2.38. The van der Waals surface area contributed by atoms with E-state index in [9.17, 15) is 4.79 Å². The quantitative estimate of drug-likeness (QED) is 0.850. The normalized spacial score (nSPS) is 19.8. The highest BCUT2D eigenvalue weighted by atomic mass is 16.1. The molecule has 0 saturated carbocycles. The molecule has 1 atom stereocenters. The van der Waals surface area contributed by atoms with Gasteiger partial charge in [-0.05, 0) is 70.2 Å². The second kappa shape index (κ2) is 4.87. The van der Waals surface area contributed by atoms with Gasteiger partial charge < -0.3 is 9.88 Å². The summed E-state index contributed by atoms with van der Waals surface area (Å²) in [5.41, 5.74) is 5.81. The molecule has 0 saturated heterocycles. The third-order valence-electron chi connectivity index (χ3n) is 5.13. The van der Waals surface area contributed by atoms with E-state index in [1.165, 1.54) is 16.6 Å². The highest BCUT2D eigenvalue weighted by Gasteiger charge is 2.30. The fourth-order valence-electron chi connectivity index (χ4n) is 3.92. The number of hydrogen-bond acceptors (Lipinski definition) is 2. The number of nitrogens with zero attached hydrogens (tertiary/aromatic N) is 1. The third-order valence-corrected chi connectivity index (χ3v) is 5.13. The van der Waals surface area contributed by atoms with Crippen molar-refractivity contribution in [1.82, 2.24) is 4.57 Å². The Hall–Kier alpha value is -1.77. The first-order valence-corrected chi connectivity index (χ1v) is 8.21. The zero-order valence-corrected chi connectivity index (χ0v) is 14.5. The molecule has 3 nitrogen and oxygen atoms in total. The second-order valence-corrected chi connectivity index (χ2v) is 7.37. The molecule has 1 N–H and O–H groups in total. The van der Waals surface area contributed by atoms with E-state index in [1.807, 2.05) is 18.4 Å². The lowest BCUT2D eigenvalue weighted by Crippen LogP contribution is -2.36. The van der Waals surface area contributed by atoms with Crippen LogP contribution in [-0.2, 0) is 6.54 Å². The van der Waals surface area contributed by atoms with Gasteiger partial charge in [-0.3, -0.25) is 4.79 Å². The first-order valence-electron chi connectivity index (χ1n) is 8.21. The molecule has 1 aromatic heterocycles. The van der Waals surface area contributed by atoms with Gasteiger partial charge in [-0.1, -0.05) is 6.92 Å². The predicted octanol–water partition coefficient (Wildman–Crippen LogP) is 4.34. The van der Waals surface area contributed by atoms with Crippen molar-refractivity contribution in [2.45, 2.75) is 66.0 Å². The lowest BCUT2D eigenvalue weighted by molar-refractivity contribution is 0.454. The number of benzene rings is 1. The monoisotopic (exact) mass is 298 g/mol. The van der Waals surface area contributed by atoms with E-state index >= 15 is 0 Å². The number of pyridine rings is 1. The standard InChI is InChI=1S/C19H26N2O/c1-7-21-17-9-16-14(11(2)10-19(5,6)20-16)8-15(17)12(3)13(4)18(21)22/h8-9,11,20H,7,10H2,1-6H3. The Kier molecular flexibility index (Phi) is 3.35. The van der Waals surface area contributed by atoms with Crippen LogP contribution >= 0.6 is 0 Å². The summed E-state index contributed by atoms with van der Waals surface area (Å²) in [5.74, 6) is 0.525. The van der Waals surface area contributed by atoms with Crippen molar-refractivity contribution in [1.29, 1.82) is 0 Å². The van der Waals surface area contributed by atoms with E-state index in [4.69, 9.17) is 0 Å². The van der Waals surface area contributed by atoms with Crippen LogP contribution in [0.3, 0.4) is 0 Å². The summed E-state index contributed by atoms with van der Waals surface area (Å²) in [5, 5.41) is 4.86. The summed E-state index contributed by atoms with van der Waals surface area (Å²) in [6.45, 7) is 13.5. The van der Waals surface area contributed by atoms with E-state index in [0.717, 1.165) is 23.1 Å². The van der Waals surface area contributed by atoms with Gasteiger partial charge in [0.25, 0.3) is 5.56 Å². The first kappa shape index (κ1) is 15.1. The minimum Gasteiger partial charge on any atom is -0.380 e. The maximum absolute atomic E-state index is 12.5. The van der Waals surface area contributed by atoms with Crippen molar-refractivity contribution in [3.63, 3.8) is 0 Å². The van der Waals surface area contributed by atoms with Crippen LogP contribution in [0.15, 0.2) is 16.9 Å². The number of aromatic nitrogens is 1. The molecule has 0 radical (unpaired) electrons. The number of hydrogen-bond donors (Lipinski definition) is 1. The lowest BCUT2D eigenvalue weighted by atomic mass is 9.81. The predicted molar refractivity (Wildman–Crippen MR) is 94.1 cm³/mol. The van der Waals surface area contributed by atoms with Crippen LogP contribution in [0.2, 0.25) is 0 Å². The molecule has 22 heavy (non-hydrogen) atoms. The fourth-order valence-corrected chi connectivity index (χ4v) is 3.92. The number of fused-ring (bicyclic) bond motifs is 2. The Bertz CT molecular complexity index is 815. The molecule has 1 unspecified atom stereocenters. The summed E-state index contributed by atoms with van der Waals surface area (Å²) in [6, 6.07) is 4.48. The molecule has 1 aromatic carbocycles. The third kappa shape index (κ3) is 2.15. The van der Waals surface area contributed by atoms with Gasteiger partial charge in [-0.2, -0.15) is 0 Å². The molecular weight excluding hydrogens is 272 g/mol. The molecule has 3 heteroatoms. The van der Waals surface area contributed by atoms with Crippen LogP contribution in [0.1, 0.15) is 56.7 Å². The molecule has 118 valence electrons. The van der Waals surface area contributed by atoms with Crippen molar-refractivity contribution in [3.05, 3.63) is 39.2 Å². The Balaban J connectivity index is 2.39. The van der Waals surface area contributed by atoms with Gasteiger partial charge in [0.1, 0.15) is 0 Å². The van der Waals surface area contributed by atoms with Gasteiger partial charge in [-0.15, -0.1) is 0 Å². The highest BCUT2D eigenvalue weighted by Crippen LogP contribution is 2.41. The molecule has 0 aliphatic carbocycles. The minimum absolute atomic E-state index is 0.0944. The average Bonchev–Trinajstić information content (AvgIpc) is 2.43. The SMILES string of the molecule is CCn1c(=O)c(C)c(C)c2cc3c(cc21)NC(C)(C)CC3C. The molecule has 1 aliphatic heterocycles. The number of rotatable bonds is 1. The van der Waals surface area contributed by atoms with Crippen molar-refractivity contribution in [3.8, 4) is 0 Å². The maximum atomic E-state index is 12.5. The van der Waals surface area contributed by atoms with Crippen molar-refractivity contribution < 1.29 is 0 Å². The highest BCUT2D eigenvalue weighted by molar-refractivity contribution is 5.88. The zero-order valence-electron chi connectivity index (χ0n) is 14.5. The second-order valence-electron chi connectivity index (χ2n) is 7.37. The van der Waals surface area contributed by atoms with E-state index in [1.54, 1.807) is 0 Å². The van der Waals surface area contributed by atoms with Gasteiger partial charge in [0.15, 0.2) is 0 Å². The number of anilines is 1. The average molecular weight is 298 g/mol. The smallest absolute Gasteiger partial charge is 0.254 e. The van der Waals surface area contributed by atoms with Crippen LogP contribution in [-0.4, -0.2) is 10.1 Å². The molecule has 0 bridgehead atoms. The first-order chi connectivity index (χ1) is 10.2. The van der Waals surface area contributed by atoms with Gasteiger partial charge in [-0.25, -0.2) is 0 Å². The summed E-state index contributed by atoms with van der Waals surface area (Å²) < 4.78 is 1.89. The molecule has 1 aliphatic rings. The van der Waals surface area contributed by atoms with Crippen molar-refractivity contribution >= 4 is 16.6 Å². The van der Waals surface area contributed by atoms with Crippen molar-refractivity contribution in [2.24, 2.45) is 0 Å². The Labute approximate surface area is 132 Å².